The van der Waals surface area contributed by atoms with Gasteiger partial charge in [-0.1, -0.05) is 84.1 Å². The summed E-state index contributed by atoms with van der Waals surface area (Å²) >= 11 is 0. The molecule has 152 valence electrons. The molecule has 0 saturated heterocycles. The number of aliphatic hydroxyl groups is 1. The second-order valence-corrected chi connectivity index (χ2v) is 6.93. The first-order valence-electron chi connectivity index (χ1n) is 10.3. The Balaban J connectivity index is 3.32. The monoisotopic (exact) mass is 370 g/mol. The summed E-state index contributed by atoms with van der Waals surface area (Å²) in [6.45, 7) is 5.44. The zero-order valence-electron chi connectivity index (χ0n) is 16.5. The van der Waals surface area contributed by atoms with Crippen molar-refractivity contribution < 1.29 is 24.5 Å². The molecule has 0 aliphatic carbocycles. The molecule has 0 amide bonds. The highest BCUT2D eigenvalue weighted by Gasteiger charge is 2.07. The number of carbonyl (C=O) groups is 2. The molecule has 5 heteroatoms. The first kappa shape index (κ1) is 24.6. The first-order valence-corrected chi connectivity index (χ1v) is 10.3. The third-order valence-electron chi connectivity index (χ3n) is 4.44. The van der Waals surface area contributed by atoms with Crippen LogP contribution in [0, 0.1) is 0 Å². The van der Waals surface area contributed by atoms with E-state index in [2.05, 4.69) is 23.3 Å². The molecule has 26 heavy (non-hydrogen) atoms. The van der Waals surface area contributed by atoms with E-state index in [9.17, 15) is 14.7 Å². The lowest BCUT2D eigenvalue weighted by Gasteiger charge is -2.10. The van der Waals surface area contributed by atoms with Gasteiger partial charge in [0.2, 0.25) is 0 Å². The molecule has 0 radical (unpaired) electrons. The maximum atomic E-state index is 11.3. The van der Waals surface area contributed by atoms with Crippen LogP contribution in [0.15, 0.2) is 12.7 Å². The lowest BCUT2D eigenvalue weighted by molar-refractivity contribution is -0.254. The summed E-state index contributed by atoms with van der Waals surface area (Å²) in [6, 6.07) is 0. The van der Waals surface area contributed by atoms with Crippen LogP contribution in [-0.2, 0) is 19.4 Å². The fourth-order valence-electron chi connectivity index (χ4n) is 2.82. The Labute approximate surface area is 159 Å². The van der Waals surface area contributed by atoms with Crippen molar-refractivity contribution in [2.45, 2.75) is 109 Å². The van der Waals surface area contributed by atoms with Crippen molar-refractivity contribution in [3.63, 3.8) is 0 Å². The highest BCUT2D eigenvalue weighted by atomic mass is 17.2. The van der Waals surface area contributed by atoms with Crippen molar-refractivity contribution >= 4 is 11.9 Å². The number of hydrogen-bond donors (Lipinski definition) is 1. The molecule has 5 nitrogen and oxygen atoms in total. The van der Waals surface area contributed by atoms with Crippen LogP contribution in [0.3, 0.4) is 0 Å². The Morgan fingerprint density at radius 3 is 1.88 bits per heavy atom. The van der Waals surface area contributed by atoms with Crippen LogP contribution in [0.25, 0.3) is 0 Å². The molecule has 0 bridgehead atoms. The van der Waals surface area contributed by atoms with Crippen LogP contribution in [-0.4, -0.2) is 23.1 Å². The molecule has 0 saturated carbocycles. The van der Waals surface area contributed by atoms with E-state index in [0.717, 1.165) is 51.0 Å². The van der Waals surface area contributed by atoms with E-state index in [1.807, 2.05) is 0 Å². The minimum absolute atomic E-state index is 0.167. The predicted octanol–water partition coefficient (Wildman–Crippen LogP) is 5.41. The van der Waals surface area contributed by atoms with Gasteiger partial charge in [0.05, 0.1) is 12.5 Å². The molecule has 0 aliphatic rings. The molecule has 0 rings (SSSR count). The average Bonchev–Trinajstić information content (AvgIpc) is 2.64. The van der Waals surface area contributed by atoms with Crippen LogP contribution in [0.1, 0.15) is 103 Å². The summed E-state index contributed by atoms with van der Waals surface area (Å²) in [7, 11) is 0. The van der Waals surface area contributed by atoms with Gasteiger partial charge in [-0.05, 0) is 19.3 Å². The van der Waals surface area contributed by atoms with E-state index in [1.54, 1.807) is 0 Å². The van der Waals surface area contributed by atoms with E-state index in [1.165, 1.54) is 38.5 Å². The maximum absolute atomic E-state index is 11.3. The SMILES string of the molecule is C=CC(=O)OOC(=O)CCCCCCCC(O)CCCCCCCCC. The van der Waals surface area contributed by atoms with Crippen molar-refractivity contribution in [1.29, 1.82) is 0 Å². The Morgan fingerprint density at radius 2 is 1.35 bits per heavy atom. The van der Waals surface area contributed by atoms with Gasteiger partial charge < -0.3 is 5.11 Å². The molecule has 0 heterocycles. The van der Waals surface area contributed by atoms with Gasteiger partial charge >= 0.3 is 11.9 Å². The summed E-state index contributed by atoms with van der Waals surface area (Å²) < 4.78 is 0. The van der Waals surface area contributed by atoms with Crippen LogP contribution >= 0.6 is 0 Å². The summed E-state index contributed by atoms with van der Waals surface area (Å²) in [5.41, 5.74) is 0. The quantitative estimate of drug-likeness (QED) is 0.160. The second-order valence-electron chi connectivity index (χ2n) is 6.93. The topological polar surface area (TPSA) is 72.8 Å². The summed E-state index contributed by atoms with van der Waals surface area (Å²) in [5.74, 6) is -1.31. The molecule has 0 spiro atoms. The van der Waals surface area contributed by atoms with Gasteiger partial charge in [-0.15, -0.1) is 0 Å². The van der Waals surface area contributed by atoms with Crippen molar-refractivity contribution in [2.75, 3.05) is 0 Å². The molecular weight excluding hydrogens is 332 g/mol. The average molecular weight is 371 g/mol. The molecule has 0 fully saturated rings. The molecule has 0 aromatic rings. The molecule has 1 unspecified atom stereocenters. The minimum Gasteiger partial charge on any atom is -0.393 e. The number of hydrogen-bond acceptors (Lipinski definition) is 5. The number of aliphatic hydroxyl groups excluding tert-OH is 1. The van der Waals surface area contributed by atoms with E-state index in [0.29, 0.717) is 6.42 Å². The highest BCUT2D eigenvalue weighted by Crippen LogP contribution is 2.14. The minimum atomic E-state index is -0.770. The van der Waals surface area contributed by atoms with Crippen molar-refractivity contribution in [3.8, 4) is 0 Å². The van der Waals surface area contributed by atoms with Crippen LogP contribution in [0.5, 0.6) is 0 Å². The predicted molar refractivity (Wildman–Crippen MR) is 103 cm³/mol. The molecule has 1 atom stereocenters. The third-order valence-corrected chi connectivity index (χ3v) is 4.44. The van der Waals surface area contributed by atoms with Gasteiger partial charge in [0.25, 0.3) is 0 Å². The van der Waals surface area contributed by atoms with Crippen molar-refractivity contribution in [2.24, 2.45) is 0 Å². The van der Waals surface area contributed by atoms with Crippen LogP contribution in [0.2, 0.25) is 0 Å². The van der Waals surface area contributed by atoms with Crippen molar-refractivity contribution in [1.82, 2.24) is 0 Å². The lowest BCUT2D eigenvalue weighted by atomic mass is 10.0. The van der Waals surface area contributed by atoms with E-state index in [-0.39, 0.29) is 12.5 Å². The third kappa shape index (κ3) is 17.5. The van der Waals surface area contributed by atoms with E-state index in [4.69, 9.17) is 0 Å². The number of carbonyl (C=O) groups excluding carboxylic acids is 2. The molecule has 1 N–H and O–H groups in total. The van der Waals surface area contributed by atoms with Crippen molar-refractivity contribution in [3.05, 3.63) is 12.7 Å². The Hall–Kier alpha value is -1.36. The molecule has 0 aromatic carbocycles. The van der Waals surface area contributed by atoms with Gasteiger partial charge in [0.1, 0.15) is 0 Å². The van der Waals surface area contributed by atoms with Gasteiger partial charge in [-0.2, -0.15) is 0 Å². The largest absolute Gasteiger partial charge is 0.393 e. The first-order chi connectivity index (χ1) is 12.6. The van der Waals surface area contributed by atoms with Gasteiger partial charge in [0, 0.05) is 6.08 Å². The van der Waals surface area contributed by atoms with Gasteiger partial charge in [-0.3, -0.25) is 0 Å². The molecule has 0 aliphatic heterocycles. The Bertz CT molecular complexity index is 367. The summed E-state index contributed by atoms with van der Waals surface area (Å²) in [4.78, 5) is 30.5. The summed E-state index contributed by atoms with van der Waals surface area (Å²) in [6.07, 6.45) is 16.5. The second kappa shape index (κ2) is 18.4. The van der Waals surface area contributed by atoms with Gasteiger partial charge in [-0.25, -0.2) is 19.4 Å². The highest BCUT2D eigenvalue weighted by molar-refractivity contribution is 5.81. The standard InChI is InChI=1S/C21H38O5/c1-3-5-6-7-8-10-13-16-19(22)17-14-11-9-12-15-18-21(24)26-25-20(23)4-2/h4,19,22H,2-3,5-18H2,1H3. The fraction of sp³-hybridized carbons (Fsp3) is 0.810. The Morgan fingerprint density at radius 1 is 0.846 bits per heavy atom. The van der Waals surface area contributed by atoms with Gasteiger partial charge in [0.15, 0.2) is 0 Å². The lowest BCUT2D eigenvalue weighted by Crippen LogP contribution is -2.09. The van der Waals surface area contributed by atoms with Crippen LogP contribution in [0.4, 0.5) is 0 Å². The zero-order chi connectivity index (χ0) is 19.5. The smallest absolute Gasteiger partial charge is 0.378 e. The Kier molecular flexibility index (Phi) is 17.5. The normalized spacial score (nSPS) is 11.8. The molecule has 0 aromatic heterocycles. The summed E-state index contributed by atoms with van der Waals surface area (Å²) in [5, 5.41) is 9.98. The zero-order valence-corrected chi connectivity index (χ0v) is 16.5. The molecular formula is C21H38O5. The van der Waals surface area contributed by atoms with Crippen LogP contribution < -0.4 is 0 Å². The fourth-order valence-corrected chi connectivity index (χ4v) is 2.82. The van der Waals surface area contributed by atoms with E-state index >= 15 is 0 Å². The maximum Gasteiger partial charge on any atom is 0.378 e. The van der Waals surface area contributed by atoms with E-state index < -0.39 is 11.9 Å². The number of unbranched alkanes of at least 4 members (excludes halogenated alkanes) is 10. The number of rotatable bonds is 17.